The van der Waals surface area contributed by atoms with Gasteiger partial charge in [0.25, 0.3) is 0 Å². The van der Waals surface area contributed by atoms with Gasteiger partial charge in [-0.2, -0.15) is 13.2 Å². The number of anilines is 1. The van der Waals surface area contributed by atoms with Crippen molar-refractivity contribution < 1.29 is 17.6 Å². The minimum absolute atomic E-state index is 0.142. The first kappa shape index (κ1) is 15.1. The normalized spacial score (nSPS) is 18.2. The first-order chi connectivity index (χ1) is 9.33. The van der Waals surface area contributed by atoms with E-state index in [2.05, 4.69) is 5.32 Å². The Balaban J connectivity index is 1.85. The third-order valence-corrected chi connectivity index (χ3v) is 3.54. The number of alkyl halides is 3. The van der Waals surface area contributed by atoms with Crippen LogP contribution in [0, 0.1) is 12.7 Å². The molecule has 1 aromatic carbocycles. The fraction of sp³-hybridized carbons (Fsp3) is 0.571. The minimum atomic E-state index is -4.13. The number of benzene rings is 1. The van der Waals surface area contributed by atoms with Crippen LogP contribution in [-0.2, 0) is 0 Å². The third kappa shape index (κ3) is 4.37. The molecule has 0 aromatic heterocycles. The maximum atomic E-state index is 13.0. The highest BCUT2D eigenvalue weighted by Gasteiger charge is 2.32. The van der Waals surface area contributed by atoms with E-state index in [0.717, 1.165) is 11.3 Å². The van der Waals surface area contributed by atoms with E-state index >= 15 is 0 Å². The lowest BCUT2D eigenvalue weighted by Gasteiger charge is -2.33. The lowest BCUT2D eigenvalue weighted by Crippen LogP contribution is -2.43. The van der Waals surface area contributed by atoms with Crippen molar-refractivity contribution in [1.29, 1.82) is 0 Å². The molecule has 1 fully saturated rings. The van der Waals surface area contributed by atoms with Crippen LogP contribution in [0.5, 0.6) is 0 Å². The van der Waals surface area contributed by atoms with Gasteiger partial charge in [0.2, 0.25) is 0 Å². The second-order valence-electron chi connectivity index (χ2n) is 5.27. The van der Waals surface area contributed by atoms with Gasteiger partial charge in [-0.15, -0.1) is 0 Å². The van der Waals surface area contributed by atoms with Crippen molar-refractivity contribution >= 4 is 5.69 Å². The van der Waals surface area contributed by atoms with Crippen molar-refractivity contribution in [3.63, 3.8) is 0 Å². The van der Waals surface area contributed by atoms with E-state index in [0.29, 0.717) is 25.9 Å². The summed E-state index contributed by atoms with van der Waals surface area (Å²) in [6, 6.07) is 4.64. The van der Waals surface area contributed by atoms with Gasteiger partial charge in [0.15, 0.2) is 0 Å². The lowest BCUT2D eigenvalue weighted by molar-refractivity contribution is -0.147. The number of aryl methyl sites for hydroxylation is 1. The van der Waals surface area contributed by atoms with Gasteiger partial charge in [0.05, 0.1) is 6.54 Å². The van der Waals surface area contributed by atoms with Crippen molar-refractivity contribution in [1.82, 2.24) is 4.90 Å². The second kappa shape index (κ2) is 5.99. The van der Waals surface area contributed by atoms with Gasteiger partial charge in [0.1, 0.15) is 5.82 Å². The number of hydrogen-bond acceptors (Lipinski definition) is 2. The lowest BCUT2D eigenvalue weighted by atomic mass is 10.0. The van der Waals surface area contributed by atoms with Crippen LogP contribution in [-0.4, -0.2) is 36.8 Å². The van der Waals surface area contributed by atoms with Crippen molar-refractivity contribution in [2.24, 2.45) is 0 Å². The summed E-state index contributed by atoms with van der Waals surface area (Å²) in [7, 11) is 0. The third-order valence-electron chi connectivity index (χ3n) is 3.54. The SMILES string of the molecule is Cc1cc(F)ccc1NC1CCN(CC(F)(F)F)CC1. The molecule has 0 radical (unpaired) electrons. The molecule has 1 N–H and O–H groups in total. The summed E-state index contributed by atoms with van der Waals surface area (Å²) in [4.78, 5) is 1.43. The molecule has 0 amide bonds. The maximum absolute atomic E-state index is 13.0. The quantitative estimate of drug-likeness (QED) is 0.856. The standard InChI is InChI=1S/C14H18F4N2/c1-10-8-11(15)2-3-13(10)19-12-4-6-20(7-5-12)9-14(16,17)18/h2-3,8,12,19H,4-7,9H2,1H3. The Morgan fingerprint density at radius 3 is 2.45 bits per heavy atom. The van der Waals surface area contributed by atoms with Crippen LogP contribution in [0.1, 0.15) is 18.4 Å². The Bertz CT molecular complexity index is 451. The Kier molecular flexibility index (Phi) is 4.52. The van der Waals surface area contributed by atoms with Gasteiger partial charge in [0, 0.05) is 24.8 Å². The van der Waals surface area contributed by atoms with Gasteiger partial charge in [-0.3, -0.25) is 4.90 Å². The minimum Gasteiger partial charge on any atom is -0.382 e. The zero-order valence-electron chi connectivity index (χ0n) is 11.3. The van der Waals surface area contributed by atoms with E-state index in [1.54, 1.807) is 6.07 Å². The summed E-state index contributed by atoms with van der Waals surface area (Å²) in [6.45, 7) is 1.83. The van der Waals surface area contributed by atoms with Gasteiger partial charge in [-0.05, 0) is 43.5 Å². The van der Waals surface area contributed by atoms with E-state index in [4.69, 9.17) is 0 Å². The molecule has 6 heteroatoms. The average Bonchev–Trinajstić information content (AvgIpc) is 2.33. The number of halogens is 4. The number of likely N-dealkylation sites (tertiary alicyclic amines) is 1. The van der Waals surface area contributed by atoms with Crippen LogP contribution in [0.3, 0.4) is 0 Å². The number of nitrogens with zero attached hydrogens (tertiary/aromatic N) is 1. The fourth-order valence-electron chi connectivity index (χ4n) is 2.50. The van der Waals surface area contributed by atoms with E-state index in [1.165, 1.54) is 17.0 Å². The van der Waals surface area contributed by atoms with Gasteiger partial charge < -0.3 is 5.32 Å². The first-order valence-corrected chi connectivity index (χ1v) is 6.65. The Labute approximate surface area is 115 Å². The van der Waals surface area contributed by atoms with Crippen LogP contribution >= 0.6 is 0 Å². The molecule has 0 unspecified atom stereocenters. The van der Waals surface area contributed by atoms with Crippen molar-refractivity contribution in [3.05, 3.63) is 29.6 Å². The molecule has 0 spiro atoms. The number of rotatable bonds is 3. The van der Waals surface area contributed by atoms with Crippen LogP contribution in [0.15, 0.2) is 18.2 Å². The van der Waals surface area contributed by atoms with E-state index in [-0.39, 0.29) is 11.9 Å². The van der Waals surface area contributed by atoms with Crippen LogP contribution in [0.4, 0.5) is 23.2 Å². The summed E-state index contributed by atoms with van der Waals surface area (Å²) >= 11 is 0. The van der Waals surface area contributed by atoms with E-state index in [1.807, 2.05) is 6.92 Å². The summed E-state index contributed by atoms with van der Waals surface area (Å²) in [6.07, 6.45) is -2.81. The Hall–Kier alpha value is -1.30. The molecule has 0 aliphatic carbocycles. The topological polar surface area (TPSA) is 15.3 Å². The largest absolute Gasteiger partial charge is 0.401 e. The maximum Gasteiger partial charge on any atom is 0.401 e. The predicted molar refractivity (Wildman–Crippen MR) is 70.3 cm³/mol. The van der Waals surface area contributed by atoms with Crippen LogP contribution in [0.25, 0.3) is 0 Å². The highest BCUT2D eigenvalue weighted by molar-refractivity contribution is 5.51. The Morgan fingerprint density at radius 2 is 1.90 bits per heavy atom. The molecule has 0 atom stereocenters. The van der Waals surface area contributed by atoms with E-state index in [9.17, 15) is 17.6 Å². The van der Waals surface area contributed by atoms with Gasteiger partial charge >= 0.3 is 6.18 Å². The summed E-state index contributed by atoms with van der Waals surface area (Å²) < 4.78 is 49.8. The van der Waals surface area contributed by atoms with E-state index < -0.39 is 12.7 Å². The molecule has 1 aromatic rings. The smallest absolute Gasteiger partial charge is 0.382 e. The van der Waals surface area contributed by atoms with Gasteiger partial charge in [-0.1, -0.05) is 0 Å². The molecule has 112 valence electrons. The molecule has 0 saturated carbocycles. The van der Waals surface area contributed by atoms with Crippen molar-refractivity contribution in [3.8, 4) is 0 Å². The number of nitrogens with one attached hydrogen (secondary N) is 1. The average molecular weight is 290 g/mol. The molecule has 1 aliphatic rings. The second-order valence-corrected chi connectivity index (χ2v) is 5.27. The highest BCUT2D eigenvalue weighted by Crippen LogP contribution is 2.23. The number of hydrogen-bond donors (Lipinski definition) is 1. The highest BCUT2D eigenvalue weighted by atomic mass is 19.4. The molecule has 1 heterocycles. The molecule has 0 bridgehead atoms. The molecule has 20 heavy (non-hydrogen) atoms. The zero-order chi connectivity index (χ0) is 14.8. The molecular weight excluding hydrogens is 272 g/mol. The molecular formula is C14H18F4N2. The zero-order valence-corrected chi connectivity index (χ0v) is 11.3. The summed E-state index contributed by atoms with van der Waals surface area (Å²) in [5.74, 6) is -0.284. The Morgan fingerprint density at radius 1 is 1.25 bits per heavy atom. The van der Waals surface area contributed by atoms with Crippen molar-refractivity contribution in [2.45, 2.75) is 32.0 Å². The predicted octanol–water partition coefficient (Wildman–Crippen LogP) is 3.57. The molecule has 2 rings (SSSR count). The van der Waals surface area contributed by atoms with Crippen molar-refractivity contribution in [2.75, 3.05) is 25.0 Å². The monoisotopic (exact) mass is 290 g/mol. The first-order valence-electron chi connectivity index (χ1n) is 6.65. The van der Waals surface area contributed by atoms with Crippen LogP contribution in [0.2, 0.25) is 0 Å². The fourth-order valence-corrected chi connectivity index (χ4v) is 2.50. The summed E-state index contributed by atoms with van der Waals surface area (Å²) in [5, 5.41) is 3.29. The molecule has 1 aliphatic heterocycles. The number of piperidine rings is 1. The molecule has 2 nitrogen and oxygen atoms in total. The summed E-state index contributed by atoms with van der Waals surface area (Å²) in [5.41, 5.74) is 1.66. The van der Waals surface area contributed by atoms with Crippen LogP contribution < -0.4 is 5.32 Å². The van der Waals surface area contributed by atoms with Gasteiger partial charge in [-0.25, -0.2) is 4.39 Å². The molecule has 1 saturated heterocycles.